The highest BCUT2D eigenvalue weighted by Gasteiger charge is 2.18. The van der Waals surface area contributed by atoms with E-state index in [1.54, 1.807) is 0 Å². The van der Waals surface area contributed by atoms with E-state index in [9.17, 15) is 28.8 Å². The molecule has 11 nitrogen and oxygen atoms in total. The van der Waals surface area contributed by atoms with Crippen molar-refractivity contribution in [1.29, 1.82) is 0 Å². The lowest BCUT2D eigenvalue weighted by Crippen LogP contribution is -2.46. The van der Waals surface area contributed by atoms with Gasteiger partial charge in [-0.15, -0.1) is 0 Å². The summed E-state index contributed by atoms with van der Waals surface area (Å²) < 4.78 is 0. The first-order valence-electron chi connectivity index (χ1n) is 7.73. The van der Waals surface area contributed by atoms with Gasteiger partial charge in [-0.1, -0.05) is 0 Å². The molecule has 0 aromatic carbocycles. The molecule has 11 heteroatoms. The first-order chi connectivity index (χ1) is 12.1. The van der Waals surface area contributed by atoms with Gasteiger partial charge in [0.05, 0.1) is 32.7 Å². The molecule has 0 fully saturated rings. The average Bonchev–Trinajstić information content (AvgIpc) is 2.57. The molecule has 0 saturated carbocycles. The van der Waals surface area contributed by atoms with Crippen LogP contribution in [0.1, 0.15) is 6.92 Å². The van der Waals surface area contributed by atoms with Gasteiger partial charge in [-0.25, -0.2) is 0 Å². The Balaban J connectivity index is 4.28. The van der Waals surface area contributed by atoms with E-state index in [2.05, 4.69) is 10.6 Å². The molecule has 0 aliphatic rings. The summed E-state index contributed by atoms with van der Waals surface area (Å²) in [6.45, 7) is 0.182. The zero-order valence-corrected chi connectivity index (χ0v) is 15.4. The van der Waals surface area contributed by atoms with Crippen LogP contribution in [0.4, 0.5) is 0 Å². The molecule has 0 saturated heterocycles. The van der Waals surface area contributed by atoms with Crippen molar-refractivity contribution in [2.45, 2.75) is 6.92 Å². The van der Waals surface area contributed by atoms with Crippen molar-refractivity contribution in [3.05, 3.63) is 0 Å². The van der Waals surface area contributed by atoms with Crippen LogP contribution in [0.15, 0.2) is 0 Å². The predicted molar refractivity (Wildman–Crippen MR) is 90.7 cm³/mol. The van der Waals surface area contributed by atoms with E-state index in [-0.39, 0.29) is 38.5 Å². The first-order valence-corrected chi connectivity index (χ1v) is 7.73. The summed E-state index contributed by atoms with van der Waals surface area (Å²) in [4.78, 5) is 71.5. The Morgan fingerprint density at radius 1 is 0.769 bits per heavy atom. The normalized spacial score (nSPS) is 9.69. The molecule has 0 heterocycles. The van der Waals surface area contributed by atoms with Crippen molar-refractivity contribution in [3.8, 4) is 0 Å². The van der Waals surface area contributed by atoms with E-state index >= 15 is 0 Å². The smallest absolute Gasteiger partial charge is 0.242 e. The number of likely N-dealkylation sites (N-methyl/N-ethyl adjacent to an activating group) is 3. The third kappa shape index (κ3) is 10.0. The zero-order chi connectivity index (χ0) is 20.3. The number of nitrogens with one attached hydrogen (secondary N) is 2. The van der Waals surface area contributed by atoms with Crippen LogP contribution in [0.3, 0.4) is 0 Å². The van der Waals surface area contributed by atoms with E-state index in [0.29, 0.717) is 6.41 Å². The Hall–Kier alpha value is -2.98. The lowest BCUT2D eigenvalue weighted by molar-refractivity contribution is -0.140. The number of carbonyl (C=O) groups is 6. The minimum atomic E-state index is -0.507. The summed E-state index contributed by atoms with van der Waals surface area (Å²) in [5.41, 5.74) is 0. The molecule has 0 aliphatic carbocycles. The monoisotopic (exact) mass is 371 g/mol. The first kappa shape index (κ1) is 23.0. The topological polar surface area (TPSA) is 136 Å². The summed E-state index contributed by atoms with van der Waals surface area (Å²) in [6, 6.07) is 0. The fourth-order valence-corrected chi connectivity index (χ4v) is 1.62. The molecule has 26 heavy (non-hydrogen) atoms. The Morgan fingerprint density at radius 2 is 1.27 bits per heavy atom. The molecule has 0 rings (SSSR count). The quantitative estimate of drug-likeness (QED) is 0.367. The second-order valence-electron chi connectivity index (χ2n) is 5.78. The van der Waals surface area contributed by atoms with Crippen LogP contribution in [-0.4, -0.2) is 104 Å². The summed E-state index contributed by atoms with van der Waals surface area (Å²) in [7, 11) is 4.19. The van der Waals surface area contributed by atoms with Crippen molar-refractivity contribution in [1.82, 2.24) is 25.3 Å². The van der Waals surface area contributed by atoms with Crippen LogP contribution >= 0.6 is 0 Å². The lowest BCUT2D eigenvalue weighted by atomic mass is 10.4. The summed E-state index contributed by atoms with van der Waals surface area (Å²) >= 11 is 0. The minimum Gasteiger partial charge on any atom is -0.347 e. The number of ketones is 1. The molecule has 0 aliphatic heterocycles. The van der Waals surface area contributed by atoms with E-state index < -0.39 is 23.6 Å². The number of amides is 5. The second-order valence-corrected chi connectivity index (χ2v) is 5.78. The Morgan fingerprint density at radius 3 is 1.81 bits per heavy atom. The maximum Gasteiger partial charge on any atom is 0.242 e. The maximum atomic E-state index is 12.0. The molecule has 2 N–H and O–H groups in total. The Labute approximate surface area is 151 Å². The standard InChI is InChI=1S/C15H25N5O6/c1-11(22)5-16-13(24)8-19(3)15(26)9-20(4)14(25)6-17-12(23)7-18(2)10-21/h10H,5-9H2,1-4H3,(H,16,24)(H,17,23). The van der Waals surface area contributed by atoms with Gasteiger partial charge in [0.2, 0.25) is 30.0 Å². The van der Waals surface area contributed by atoms with Crippen LogP contribution in [-0.2, 0) is 28.8 Å². The minimum absolute atomic E-state index is 0.113. The highest BCUT2D eigenvalue weighted by molar-refractivity contribution is 5.91. The van der Waals surface area contributed by atoms with Crippen LogP contribution in [0.2, 0.25) is 0 Å². The average molecular weight is 371 g/mol. The molecular weight excluding hydrogens is 346 g/mol. The third-order valence-corrected chi connectivity index (χ3v) is 3.15. The molecule has 0 atom stereocenters. The number of Topliss-reactive ketones (excluding diaryl/α,β-unsaturated/α-hetero) is 1. The van der Waals surface area contributed by atoms with Gasteiger partial charge in [0.15, 0.2) is 0 Å². The molecule has 0 radical (unpaired) electrons. The van der Waals surface area contributed by atoms with Gasteiger partial charge >= 0.3 is 0 Å². The van der Waals surface area contributed by atoms with E-state index in [0.717, 1.165) is 14.7 Å². The highest BCUT2D eigenvalue weighted by atomic mass is 16.2. The van der Waals surface area contributed by atoms with Gasteiger partial charge in [0, 0.05) is 21.1 Å². The van der Waals surface area contributed by atoms with Gasteiger partial charge in [-0.3, -0.25) is 28.8 Å². The van der Waals surface area contributed by atoms with E-state index in [1.165, 1.54) is 28.1 Å². The maximum absolute atomic E-state index is 12.0. The van der Waals surface area contributed by atoms with Crippen molar-refractivity contribution in [3.63, 3.8) is 0 Å². The van der Waals surface area contributed by atoms with Crippen LogP contribution in [0.25, 0.3) is 0 Å². The molecule has 5 amide bonds. The van der Waals surface area contributed by atoms with Gasteiger partial charge in [-0.05, 0) is 6.92 Å². The van der Waals surface area contributed by atoms with Gasteiger partial charge in [0.1, 0.15) is 5.78 Å². The lowest BCUT2D eigenvalue weighted by Gasteiger charge is -2.22. The highest BCUT2D eigenvalue weighted by Crippen LogP contribution is 1.91. The predicted octanol–water partition coefficient (Wildman–Crippen LogP) is -3.19. The fourth-order valence-electron chi connectivity index (χ4n) is 1.62. The largest absolute Gasteiger partial charge is 0.347 e. The zero-order valence-electron chi connectivity index (χ0n) is 15.4. The number of carbonyl (C=O) groups excluding carboxylic acids is 6. The summed E-state index contributed by atoms with van der Waals surface area (Å²) in [5.74, 6) is -2.19. The van der Waals surface area contributed by atoms with Crippen molar-refractivity contribution >= 4 is 35.8 Å². The molecule has 0 unspecified atom stereocenters. The van der Waals surface area contributed by atoms with E-state index in [1.807, 2.05) is 0 Å². The molecule has 0 spiro atoms. The fraction of sp³-hybridized carbons (Fsp3) is 0.600. The molecular formula is C15H25N5O6. The van der Waals surface area contributed by atoms with Crippen molar-refractivity contribution < 1.29 is 28.8 Å². The van der Waals surface area contributed by atoms with Crippen LogP contribution < -0.4 is 10.6 Å². The van der Waals surface area contributed by atoms with E-state index in [4.69, 9.17) is 0 Å². The Bertz CT molecular complexity index is 565. The second kappa shape index (κ2) is 11.6. The van der Waals surface area contributed by atoms with Gasteiger partial charge in [-0.2, -0.15) is 0 Å². The van der Waals surface area contributed by atoms with Crippen LogP contribution in [0, 0.1) is 0 Å². The number of nitrogens with zero attached hydrogens (tertiary/aromatic N) is 3. The summed E-state index contributed by atoms with van der Waals surface area (Å²) in [5, 5.41) is 4.70. The number of hydrogen-bond donors (Lipinski definition) is 2. The number of hydrogen-bond acceptors (Lipinski definition) is 6. The van der Waals surface area contributed by atoms with Crippen LogP contribution in [0.5, 0.6) is 0 Å². The SMILES string of the molecule is CC(=O)CNC(=O)CN(C)C(=O)CN(C)C(=O)CNC(=O)CN(C)C=O. The summed E-state index contributed by atoms with van der Waals surface area (Å²) in [6.07, 6.45) is 0.481. The van der Waals surface area contributed by atoms with Gasteiger partial charge in [0.25, 0.3) is 0 Å². The molecule has 0 bridgehead atoms. The van der Waals surface area contributed by atoms with Crippen molar-refractivity contribution in [2.75, 3.05) is 53.9 Å². The van der Waals surface area contributed by atoms with Gasteiger partial charge < -0.3 is 25.3 Å². The molecule has 146 valence electrons. The Kier molecular flexibility index (Phi) is 10.2. The molecule has 0 aromatic heterocycles. The number of rotatable bonds is 11. The molecule has 0 aromatic rings. The van der Waals surface area contributed by atoms with Crippen molar-refractivity contribution in [2.24, 2.45) is 0 Å². The third-order valence-electron chi connectivity index (χ3n) is 3.15.